The molecule has 2 aliphatic carbocycles. The fourth-order valence-corrected chi connectivity index (χ4v) is 5.91. The Hall–Kier alpha value is 0.760. The van der Waals surface area contributed by atoms with Crippen LogP contribution in [0.3, 0.4) is 0 Å². The molecule has 0 aromatic heterocycles. The van der Waals surface area contributed by atoms with Gasteiger partial charge in [0.1, 0.15) is 0 Å². The zero-order valence-electron chi connectivity index (χ0n) is 14.5. The zero-order valence-corrected chi connectivity index (χ0v) is 18.8. The molecule has 168 valence electrons. The van der Waals surface area contributed by atoms with E-state index in [1.807, 2.05) is 0 Å². The highest BCUT2D eigenvalue weighted by Gasteiger charge is 2.64. The van der Waals surface area contributed by atoms with Crippen LogP contribution < -0.4 is 0 Å². The Morgan fingerprint density at radius 2 is 0.714 bits per heavy atom. The Morgan fingerprint density at radius 3 is 0.929 bits per heavy atom. The van der Waals surface area contributed by atoms with Crippen LogP contribution in [-0.4, -0.2) is 32.0 Å². The molecule has 0 spiro atoms. The second-order valence-corrected chi connectivity index (χ2v) is 10.3. The molecular weight excluding hydrogens is 636 g/mol. The normalized spacial score (nSPS) is 30.4. The first-order chi connectivity index (χ1) is 12.5. The fraction of sp³-hybridized carbons (Fsp3) is 1.00. The van der Waals surface area contributed by atoms with E-state index in [1.165, 1.54) is 0 Å². The van der Waals surface area contributed by atoms with Gasteiger partial charge in [0.2, 0.25) is 0 Å². The number of alkyl halides is 12. The first kappa shape index (κ1) is 26.8. The fourth-order valence-electron chi connectivity index (χ4n) is 3.41. The summed E-state index contributed by atoms with van der Waals surface area (Å²) in [5.74, 6) is -12.1. The maximum Gasteiger partial charge on any atom is 0.453 e. The number of halogens is 12. The van der Waals surface area contributed by atoms with Gasteiger partial charge >= 0.3 is 24.2 Å². The van der Waals surface area contributed by atoms with Gasteiger partial charge in [0, 0.05) is 19.7 Å². The summed E-state index contributed by atoms with van der Waals surface area (Å²) in [4.78, 5) is 0. The lowest BCUT2D eigenvalue weighted by molar-refractivity contribution is -0.304. The molecule has 0 aromatic rings. The van der Waals surface area contributed by atoms with Crippen molar-refractivity contribution >= 4 is 45.2 Å². The monoisotopic (exact) mass is 656 g/mol. The maximum atomic E-state index is 12.9. The van der Waals surface area contributed by atoms with Crippen molar-refractivity contribution in [1.82, 2.24) is 0 Å². The summed E-state index contributed by atoms with van der Waals surface area (Å²) < 4.78 is 123. The molecule has 12 heteroatoms. The van der Waals surface area contributed by atoms with Crippen LogP contribution in [0.25, 0.3) is 0 Å². The Bertz CT molecular complexity index is 445. The van der Waals surface area contributed by atoms with Crippen LogP contribution in [0.15, 0.2) is 0 Å². The summed E-state index contributed by atoms with van der Waals surface area (Å²) in [6.07, 6.45) is -7.52. The van der Waals surface area contributed by atoms with Crippen molar-refractivity contribution in [2.45, 2.75) is 83.4 Å². The SMILES string of the molecule is FC(F)(F)C(F)(F)[C@@H]1CCCC[C@@H]1I.FC(F)(F)C(F)(F)[C@H]1CCCC[C@@H]1I. The third-order valence-corrected chi connectivity index (χ3v) is 8.03. The molecule has 4 atom stereocenters. The highest BCUT2D eigenvalue weighted by atomic mass is 127. The van der Waals surface area contributed by atoms with Gasteiger partial charge in [-0.3, -0.25) is 0 Å². The molecule has 2 rings (SSSR count). The maximum absolute atomic E-state index is 12.9. The van der Waals surface area contributed by atoms with Gasteiger partial charge in [-0.1, -0.05) is 70.9 Å². The van der Waals surface area contributed by atoms with E-state index < -0.39 is 43.9 Å². The summed E-state index contributed by atoms with van der Waals surface area (Å²) in [6.45, 7) is 0. The molecule has 2 saturated carbocycles. The Morgan fingerprint density at radius 1 is 0.464 bits per heavy atom. The van der Waals surface area contributed by atoms with Crippen molar-refractivity contribution in [1.29, 1.82) is 0 Å². The Labute approximate surface area is 183 Å². The third kappa shape index (κ3) is 6.38. The molecule has 0 aromatic carbocycles. The van der Waals surface area contributed by atoms with Crippen LogP contribution in [0.2, 0.25) is 0 Å². The molecule has 0 unspecified atom stereocenters. The first-order valence-electron chi connectivity index (χ1n) is 8.70. The van der Waals surface area contributed by atoms with Crippen LogP contribution >= 0.6 is 45.2 Å². The lowest BCUT2D eigenvalue weighted by atomic mass is 9.84. The molecule has 0 amide bonds. The van der Waals surface area contributed by atoms with Gasteiger partial charge in [-0.25, -0.2) is 0 Å². The van der Waals surface area contributed by atoms with Crippen molar-refractivity contribution < 1.29 is 43.9 Å². The van der Waals surface area contributed by atoms with Crippen molar-refractivity contribution in [3.05, 3.63) is 0 Å². The Kier molecular flexibility index (Phi) is 9.50. The molecule has 2 aliphatic rings. The predicted molar refractivity (Wildman–Crippen MR) is 102 cm³/mol. The average molecular weight is 656 g/mol. The van der Waals surface area contributed by atoms with Crippen molar-refractivity contribution in [2.75, 3.05) is 0 Å². The van der Waals surface area contributed by atoms with Crippen LogP contribution in [0.1, 0.15) is 51.4 Å². The molecule has 2 fully saturated rings. The van der Waals surface area contributed by atoms with Crippen molar-refractivity contribution in [2.24, 2.45) is 11.8 Å². The van der Waals surface area contributed by atoms with Gasteiger partial charge in [0.25, 0.3) is 0 Å². The van der Waals surface area contributed by atoms with Crippen LogP contribution in [-0.2, 0) is 0 Å². The minimum absolute atomic E-state index is 0.0277. The van der Waals surface area contributed by atoms with Gasteiger partial charge < -0.3 is 0 Å². The number of hydrogen-bond acceptors (Lipinski definition) is 0. The van der Waals surface area contributed by atoms with Crippen LogP contribution in [0.4, 0.5) is 43.9 Å². The second kappa shape index (κ2) is 9.92. The minimum Gasteiger partial charge on any atom is -0.196 e. The lowest BCUT2D eigenvalue weighted by Gasteiger charge is -2.34. The smallest absolute Gasteiger partial charge is 0.196 e. The second-order valence-electron chi connectivity index (χ2n) is 7.06. The topological polar surface area (TPSA) is 0 Å². The van der Waals surface area contributed by atoms with Crippen LogP contribution in [0.5, 0.6) is 0 Å². The van der Waals surface area contributed by atoms with Crippen molar-refractivity contribution in [3.63, 3.8) is 0 Å². The molecule has 0 N–H and O–H groups in total. The largest absolute Gasteiger partial charge is 0.453 e. The van der Waals surface area contributed by atoms with Gasteiger partial charge in [-0.2, -0.15) is 43.9 Å². The summed E-state index contributed by atoms with van der Waals surface area (Å²) in [6, 6.07) is 0. The van der Waals surface area contributed by atoms with Crippen LogP contribution in [0, 0.1) is 11.8 Å². The first-order valence-corrected chi connectivity index (χ1v) is 11.2. The van der Waals surface area contributed by atoms with E-state index in [4.69, 9.17) is 0 Å². The van der Waals surface area contributed by atoms with E-state index >= 15 is 0 Å². The Balaban J connectivity index is 0.000000280. The van der Waals surface area contributed by atoms with E-state index in [0.29, 0.717) is 25.7 Å². The zero-order chi connectivity index (χ0) is 22.0. The summed E-state index contributed by atoms with van der Waals surface area (Å²) >= 11 is 3.41. The summed E-state index contributed by atoms with van der Waals surface area (Å²) in [5, 5.41) is 0. The van der Waals surface area contributed by atoms with E-state index in [9.17, 15) is 43.9 Å². The highest BCUT2D eigenvalue weighted by molar-refractivity contribution is 14.1. The van der Waals surface area contributed by atoms with E-state index in [1.54, 1.807) is 45.2 Å². The highest BCUT2D eigenvalue weighted by Crippen LogP contribution is 2.49. The summed E-state index contributed by atoms with van der Waals surface area (Å²) in [7, 11) is 0. The number of rotatable bonds is 2. The van der Waals surface area contributed by atoms with Gasteiger partial charge in [-0.15, -0.1) is 0 Å². The van der Waals surface area contributed by atoms with E-state index in [-0.39, 0.29) is 12.8 Å². The standard InChI is InChI=1S/2C8H10F5I/c2*9-7(10,8(11,12)13)5-3-1-2-4-6(5)14/h2*5-6H,1-4H2/t5-,6+;5-,6-/m10/s1. The minimum atomic E-state index is -5.40. The molecular formula is C16H20F10I2. The molecule has 0 radical (unpaired) electrons. The molecule has 0 nitrogen and oxygen atoms in total. The van der Waals surface area contributed by atoms with Gasteiger partial charge in [0.15, 0.2) is 0 Å². The molecule has 28 heavy (non-hydrogen) atoms. The lowest BCUT2D eigenvalue weighted by Crippen LogP contribution is -2.47. The predicted octanol–water partition coefficient (Wildman–Crippen LogP) is 8.36. The van der Waals surface area contributed by atoms with Gasteiger partial charge in [0.05, 0.1) is 0 Å². The summed E-state index contributed by atoms with van der Waals surface area (Å²) in [5.41, 5.74) is 0. The quantitative estimate of drug-likeness (QED) is 0.159. The van der Waals surface area contributed by atoms with E-state index in [0.717, 1.165) is 12.8 Å². The number of hydrogen-bond donors (Lipinski definition) is 0. The molecule has 0 saturated heterocycles. The van der Waals surface area contributed by atoms with Crippen molar-refractivity contribution in [3.8, 4) is 0 Å². The molecule has 0 heterocycles. The van der Waals surface area contributed by atoms with Gasteiger partial charge in [-0.05, 0) is 25.7 Å². The average Bonchev–Trinajstić information content (AvgIpc) is 2.54. The van der Waals surface area contributed by atoms with E-state index in [2.05, 4.69) is 0 Å². The molecule has 0 bridgehead atoms. The third-order valence-electron chi connectivity index (χ3n) is 5.05. The molecule has 0 aliphatic heterocycles.